The van der Waals surface area contributed by atoms with Gasteiger partial charge in [-0.2, -0.15) is 0 Å². The van der Waals surface area contributed by atoms with Crippen LogP contribution in [0.1, 0.15) is 43.8 Å². The van der Waals surface area contributed by atoms with Gasteiger partial charge in [-0.25, -0.2) is 9.98 Å². The zero-order valence-electron chi connectivity index (χ0n) is 16.5. The maximum Gasteiger partial charge on any atom is 0.229 e. The Morgan fingerprint density at radius 2 is 2.11 bits per heavy atom. The van der Waals surface area contributed by atoms with Crippen LogP contribution in [0.5, 0.6) is 0 Å². The van der Waals surface area contributed by atoms with E-state index in [1.165, 1.54) is 0 Å². The lowest BCUT2D eigenvalue weighted by atomic mass is 10.2. The molecule has 1 aliphatic heterocycles. The molecule has 1 unspecified atom stereocenters. The van der Waals surface area contributed by atoms with Crippen molar-refractivity contribution in [3.8, 4) is 0 Å². The van der Waals surface area contributed by atoms with Gasteiger partial charge in [0, 0.05) is 36.5 Å². The van der Waals surface area contributed by atoms with Crippen LogP contribution in [-0.4, -0.2) is 36.0 Å². The van der Waals surface area contributed by atoms with Gasteiger partial charge < -0.3 is 15.5 Å². The number of rotatable bonds is 6. The smallest absolute Gasteiger partial charge is 0.229 e. The molecule has 28 heavy (non-hydrogen) atoms. The summed E-state index contributed by atoms with van der Waals surface area (Å²) in [7, 11) is 0. The largest absolute Gasteiger partial charge is 0.357 e. The average Bonchev–Trinajstić information content (AvgIpc) is 3.27. The van der Waals surface area contributed by atoms with Crippen LogP contribution in [0, 0.1) is 0 Å². The fourth-order valence-corrected chi connectivity index (χ4v) is 3.82. The van der Waals surface area contributed by atoms with Crippen molar-refractivity contribution in [1.82, 2.24) is 15.6 Å². The third-order valence-electron chi connectivity index (χ3n) is 4.34. The molecular weight excluding hydrogens is 485 g/mol. The molecule has 8 heteroatoms. The number of aliphatic imine (C=N–C) groups is 1. The normalized spacial score (nSPS) is 17.0. The molecule has 1 aromatic heterocycles. The summed E-state index contributed by atoms with van der Waals surface area (Å²) < 4.78 is 0. The highest BCUT2D eigenvalue weighted by Crippen LogP contribution is 2.21. The van der Waals surface area contributed by atoms with Crippen molar-refractivity contribution in [3.05, 3.63) is 46.4 Å². The van der Waals surface area contributed by atoms with Crippen molar-refractivity contribution in [2.24, 2.45) is 4.99 Å². The number of guanidine groups is 1. The highest BCUT2D eigenvalue weighted by Gasteiger charge is 2.31. The number of halogens is 1. The second kappa shape index (κ2) is 10.8. The van der Waals surface area contributed by atoms with Gasteiger partial charge in [-0.1, -0.05) is 32.0 Å². The zero-order valence-corrected chi connectivity index (χ0v) is 19.7. The summed E-state index contributed by atoms with van der Waals surface area (Å²) in [6.45, 7) is 8.26. The van der Waals surface area contributed by atoms with E-state index >= 15 is 0 Å². The topological polar surface area (TPSA) is 69.6 Å². The second-order valence-corrected chi connectivity index (χ2v) is 7.80. The third kappa shape index (κ3) is 5.91. The number of anilines is 1. The number of thiazole rings is 1. The molecule has 1 atom stereocenters. The highest BCUT2D eigenvalue weighted by molar-refractivity contribution is 14.0. The fraction of sp³-hybridized carbons (Fsp3) is 0.450. The van der Waals surface area contributed by atoms with Crippen molar-refractivity contribution in [2.75, 3.05) is 18.0 Å². The molecule has 0 radical (unpaired) electrons. The molecule has 2 heterocycles. The number of nitrogens with one attached hydrogen (secondary N) is 2. The van der Waals surface area contributed by atoms with E-state index in [1.807, 2.05) is 42.2 Å². The van der Waals surface area contributed by atoms with Crippen LogP contribution < -0.4 is 15.5 Å². The van der Waals surface area contributed by atoms with Crippen molar-refractivity contribution in [3.63, 3.8) is 0 Å². The standard InChI is InChI=1S/C20H27N5OS.HI/c1-4-21-20(22-11-16-13-27-19(23-16)14(2)3)24-15-10-18(26)25(12-15)17-8-6-5-7-9-17;/h5-9,13-15H,4,10-12H2,1-3H3,(H2,21,22,24);1H. The van der Waals surface area contributed by atoms with Crippen molar-refractivity contribution >= 4 is 52.9 Å². The first-order valence-corrected chi connectivity index (χ1v) is 10.3. The monoisotopic (exact) mass is 513 g/mol. The molecule has 0 spiro atoms. The van der Waals surface area contributed by atoms with E-state index in [-0.39, 0.29) is 35.9 Å². The molecule has 0 aliphatic carbocycles. The Balaban J connectivity index is 0.00000280. The predicted octanol–water partition coefficient (Wildman–Crippen LogP) is 3.75. The van der Waals surface area contributed by atoms with Crippen LogP contribution in [0.4, 0.5) is 5.69 Å². The molecular formula is C20H28IN5OS. The minimum atomic E-state index is 0. The number of para-hydroxylation sites is 1. The van der Waals surface area contributed by atoms with E-state index in [2.05, 4.69) is 39.8 Å². The van der Waals surface area contributed by atoms with Gasteiger partial charge in [0.05, 0.1) is 23.3 Å². The lowest BCUT2D eigenvalue weighted by Crippen LogP contribution is -2.44. The van der Waals surface area contributed by atoms with Gasteiger partial charge in [0.25, 0.3) is 0 Å². The first-order chi connectivity index (χ1) is 13.1. The van der Waals surface area contributed by atoms with Crippen LogP contribution in [0.25, 0.3) is 0 Å². The molecule has 6 nitrogen and oxygen atoms in total. The van der Waals surface area contributed by atoms with E-state index in [4.69, 9.17) is 0 Å². The number of hydrogen-bond acceptors (Lipinski definition) is 4. The van der Waals surface area contributed by atoms with Crippen LogP contribution >= 0.6 is 35.3 Å². The van der Waals surface area contributed by atoms with E-state index in [1.54, 1.807) is 11.3 Å². The van der Waals surface area contributed by atoms with Crippen LogP contribution in [0.15, 0.2) is 40.7 Å². The number of carbonyl (C=O) groups is 1. The summed E-state index contributed by atoms with van der Waals surface area (Å²) in [5.41, 5.74) is 1.92. The third-order valence-corrected chi connectivity index (χ3v) is 5.53. The Labute approximate surface area is 187 Å². The average molecular weight is 513 g/mol. The molecule has 1 aliphatic rings. The molecule has 2 aromatic rings. The van der Waals surface area contributed by atoms with Crippen LogP contribution in [-0.2, 0) is 11.3 Å². The Hall–Kier alpha value is -1.68. The highest BCUT2D eigenvalue weighted by atomic mass is 127. The fourth-order valence-electron chi connectivity index (χ4n) is 3.00. The van der Waals surface area contributed by atoms with Gasteiger partial charge in [0.1, 0.15) is 0 Å². The number of carbonyl (C=O) groups excluding carboxylic acids is 1. The predicted molar refractivity (Wildman–Crippen MR) is 127 cm³/mol. The number of amides is 1. The Kier molecular flexibility index (Phi) is 8.68. The van der Waals surface area contributed by atoms with Crippen LogP contribution in [0.3, 0.4) is 0 Å². The summed E-state index contributed by atoms with van der Waals surface area (Å²) in [5.74, 6) is 1.30. The van der Waals surface area contributed by atoms with Gasteiger partial charge >= 0.3 is 0 Å². The van der Waals surface area contributed by atoms with E-state index in [0.29, 0.717) is 25.4 Å². The molecule has 2 N–H and O–H groups in total. The van der Waals surface area contributed by atoms with E-state index in [9.17, 15) is 4.79 Å². The molecule has 1 aromatic carbocycles. The number of nitrogens with zero attached hydrogens (tertiary/aromatic N) is 3. The summed E-state index contributed by atoms with van der Waals surface area (Å²) in [6.07, 6.45) is 0.466. The number of benzene rings is 1. The Morgan fingerprint density at radius 3 is 2.75 bits per heavy atom. The molecule has 0 bridgehead atoms. The molecule has 152 valence electrons. The van der Waals surface area contributed by atoms with Gasteiger partial charge in [0.2, 0.25) is 5.91 Å². The van der Waals surface area contributed by atoms with E-state index < -0.39 is 0 Å². The number of hydrogen-bond donors (Lipinski definition) is 2. The molecule has 0 saturated carbocycles. The van der Waals surface area contributed by atoms with Crippen LogP contribution in [0.2, 0.25) is 0 Å². The van der Waals surface area contributed by atoms with Crippen molar-refractivity contribution in [2.45, 2.75) is 45.7 Å². The maximum absolute atomic E-state index is 12.4. The minimum Gasteiger partial charge on any atom is -0.357 e. The van der Waals surface area contributed by atoms with Gasteiger partial charge in [-0.05, 0) is 19.1 Å². The summed E-state index contributed by atoms with van der Waals surface area (Å²) >= 11 is 1.68. The minimum absolute atomic E-state index is 0. The molecule has 1 fully saturated rings. The first kappa shape index (κ1) is 22.6. The Morgan fingerprint density at radius 1 is 1.36 bits per heavy atom. The van der Waals surface area contributed by atoms with Crippen molar-refractivity contribution < 1.29 is 4.79 Å². The molecule has 1 saturated heterocycles. The lowest BCUT2D eigenvalue weighted by molar-refractivity contribution is -0.117. The van der Waals surface area contributed by atoms with Crippen molar-refractivity contribution in [1.29, 1.82) is 0 Å². The SMILES string of the molecule is CCNC(=NCc1csc(C(C)C)n1)NC1CC(=O)N(c2ccccc2)C1.I. The van der Waals surface area contributed by atoms with E-state index in [0.717, 1.165) is 28.9 Å². The van der Waals surface area contributed by atoms with Gasteiger partial charge in [-0.3, -0.25) is 4.79 Å². The maximum atomic E-state index is 12.4. The lowest BCUT2D eigenvalue weighted by Gasteiger charge is -2.18. The molecule has 3 rings (SSSR count). The van der Waals surface area contributed by atoms with Gasteiger partial charge in [-0.15, -0.1) is 35.3 Å². The summed E-state index contributed by atoms with van der Waals surface area (Å²) in [6, 6.07) is 9.83. The quantitative estimate of drug-likeness (QED) is 0.351. The summed E-state index contributed by atoms with van der Waals surface area (Å²) in [5, 5.41) is 9.87. The molecule has 1 amide bonds. The zero-order chi connectivity index (χ0) is 19.2. The first-order valence-electron chi connectivity index (χ1n) is 9.41. The number of aromatic nitrogens is 1. The Bertz CT molecular complexity index is 793. The second-order valence-electron chi connectivity index (χ2n) is 6.91. The summed E-state index contributed by atoms with van der Waals surface area (Å²) in [4.78, 5) is 23.5. The van der Waals surface area contributed by atoms with Gasteiger partial charge in [0.15, 0.2) is 5.96 Å².